The summed E-state index contributed by atoms with van der Waals surface area (Å²) in [5.74, 6) is -0.0494. The van der Waals surface area contributed by atoms with Crippen molar-refractivity contribution >= 4 is 28.9 Å². The molecule has 0 bridgehead atoms. The molecule has 4 heteroatoms. The third-order valence-corrected chi connectivity index (χ3v) is 4.01. The van der Waals surface area contributed by atoms with Crippen molar-refractivity contribution in [2.45, 2.75) is 20.8 Å². The van der Waals surface area contributed by atoms with Gasteiger partial charge in [0.15, 0.2) is 0 Å². The van der Waals surface area contributed by atoms with Crippen molar-refractivity contribution in [1.29, 1.82) is 0 Å². The van der Waals surface area contributed by atoms with Gasteiger partial charge in [-0.2, -0.15) is 0 Å². The van der Waals surface area contributed by atoms with Gasteiger partial charge in [0.2, 0.25) is 0 Å². The fourth-order valence-electron chi connectivity index (χ4n) is 2.37. The minimum atomic E-state index is -0.0494. The topological polar surface area (TPSA) is 32.3 Å². The van der Waals surface area contributed by atoms with Crippen molar-refractivity contribution in [2.24, 2.45) is 0 Å². The van der Waals surface area contributed by atoms with Crippen LogP contribution < -0.4 is 5.32 Å². The number of hydrogen-bond acceptors (Lipinski definition) is 2. The average Bonchev–Trinajstić information content (AvgIpc) is 2.51. The maximum atomic E-state index is 12.7. The number of benzene rings is 2. The summed E-state index contributed by atoms with van der Waals surface area (Å²) in [5, 5.41) is 3.80. The Balaban J connectivity index is 2.43. The molecule has 22 heavy (non-hydrogen) atoms. The van der Waals surface area contributed by atoms with Crippen molar-refractivity contribution in [3.05, 3.63) is 58.6 Å². The maximum absolute atomic E-state index is 12.7. The number of nitrogens with one attached hydrogen (secondary N) is 1. The summed E-state index contributed by atoms with van der Waals surface area (Å²) >= 11 is 6.30. The van der Waals surface area contributed by atoms with Crippen molar-refractivity contribution in [3.8, 4) is 0 Å². The number of carbonyl (C=O) groups excluding carboxylic acids is 1. The van der Waals surface area contributed by atoms with Gasteiger partial charge in [-0.05, 0) is 44.5 Å². The van der Waals surface area contributed by atoms with Gasteiger partial charge in [0, 0.05) is 18.8 Å². The van der Waals surface area contributed by atoms with E-state index in [4.69, 9.17) is 11.6 Å². The molecule has 0 heterocycles. The standard InChI is InChI=1S/C18H21ClN2O/c1-4-21(5-2)18(22)17-14(19)10-8-12-16(17)20-15-11-7-6-9-13(15)3/h6-12,20H,4-5H2,1-3H3. The second-order valence-corrected chi connectivity index (χ2v) is 5.49. The molecule has 1 N–H and O–H groups in total. The van der Waals surface area contributed by atoms with Crippen LogP contribution in [-0.2, 0) is 0 Å². The predicted octanol–water partition coefficient (Wildman–Crippen LogP) is 4.87. The van der Waals surface area contributed by atoms with E-state index in [-0.39, 0.29) is 5.91 Å². The van der Waals surface area contributed by atoms with Gasteiger partial charge in [-0.25, -0.2) is 0 Å². The molecule has 1 amide bonds. The number of hydrogen-bond donors (Lipinski definition) is 1. The molecule has 0 aliphatic rings. The van der Waals surface area contributed by atoms with Crippen LogP contribution in [0.3, 0.4) is 0 Å². The monoisotopic (exact) mass is 316 g/mol. The average molecular weight is 317 g/mol. The number of nitrogens with zero attached hydrogens (tertiary/aromatic N) is 1. The Morgan fingerprint density at radius 2 is 1.68 bits per heavy atom. The lowest BCUT2D eigenvalue weighted by Crippen LogP contribution is -2.31. The van der Waals surface area contributed by atoms with E-state index in [1.807, 2.05) is 57.2 Å². The van der Waals surface area contributed by atoms with Gasteiger partial charge in [-0.15, -0.1) is 0 Å². The van der Waals surface area contributed by atoms with Crippen LogP contribution in [0.15, 0.2) is 42.5 Å². The molecular weight excluding hydrogens is 296 g/mol. The normalized spacial score (nSPS) is 10.4. The number of para-hydroxylation sites is 1. The molecule has 0 fully saturated rings. The summed E-state index contributed by atoms with van der Waals surface area (Å²) < 4.78 is 0. The van der Waals surface area contributed by atoms with Crippen LogP contribution in [0.2, 0.25) is 5.02 Å². The predicted molar refractivity (Wildman–Crippen MR) is 93.2 cm³/mol. The molecule has 0 radical (unpaired) electrons. The highest BCUT2D eigenvalue weighted by molar-refractivity contribution is 6.34. The van der Waals surface area contributed by atoms with Gasteiger partial charge in [-0.3, -0.25) is 4.79 Å². The van der Waals surface area contributed by atoms with E-state index in [1.54, 1.807) is 11.0 Å². The molecule has 0 aliphatic heterocycles. The summed E-state index contributed by atoms with van der Waals surface area (Å²) in [4.78, 5) is 14.5. The second-order valence-electron chi connectivity index (χ2n) is 5.08. The largest absolute Gasteiger partial charge is 0.355 e. The van der Waals surface area contributed by atoms with Crippen LogP contribution in [0.25, 0.3) is 0 Å². The Labute approximate surface area is 136 Å². The lowest BCUT2D eigenvalue weighted by atomic mass is 10.1. The first-order chi connectivity index (χ1) is 10.6. The smallest absolute Gasteiger partial charge is 0.257 e. The fourth-order valence-corrected chi connectivity index (χ4v) is 2.63. The van der Waals surface area contributed by atoms with Crippen LogP contribution in [0, 0.1) is 6.92 Å². The Bertz CT molecular complexity index is 666. The van der Waals surface area contributed by atoms with Crippen molar-refractivity contribution in [1.82, 2.24) is 4.90 Å². The van der Waals surface area contributed by atoms with E-state index < -0.39 is 0 Å². The second kappa shape index (κ2) is 7.32. The molecule has 0 saturated heterocycles. The Hall–Kier alpha value is -2.00. The molecule has 0 aliphatic carbocycles. The number of aryl methyl sites for hydroxylation is 1. The first kappa shape index (κ1) is 16.4. The van der Waals surface area contributed by atoms with E-state index in [1.165, 1.54) is 0 Å². The highest BCUT2D eigenvalue weighted by Crippen LogP contribution is 2.29. The zero-order chi connectivity index (χ0) is 16.1. The summed E-state index contributed by atoms with van der Waals surface area (Å²) in [5.41, 5.74) is 3.34. The van der Waals surface area contributed by atoms with Crippen LogP contribution in [0.4, 0.5) is 11.4 Å². The van der Waals surface area contributed by atoms with Crippen LogP contribution in [0.5, 0.6) is 0 Å². The number of halogens is 1. The zero-order valence-corrected chi connectivity index (χ0v) is 13.9. The molecule has 2 aromatic carbocycles. The summed E-state index contributed by atoms with van der Waals surface area (Å²) in [6.45, 7) is 7.27. The number of carbonyl (C=O) groups is 1. The van der Waals surface area contributed by atoms with Gasteiger partial charge in [0.05, 0.1) is 16.3 Å². The molecule has 3 nitrogen and oxygen atoms in total. The Morgan fingerprint density at radius 3 is 2.32 bits per heavy atom. The highest BCUT2D eigenvalue weighted by atomic mass is 35.5. The van der Waals surface area contributed by atoms with Gasteiger partial charge >= 0.3 is 0 Å². The van der Waals surface area contributed by atoms with Gasteiger partial charge in [0.1, 0.15) is 0 Å². The highest BCUT2D eigenvalue weighted by Gasteiger charge is 2.20. The minimum Gasteiger partial charge on any atom is -0.355 e. The minimum absolute atomic E-state index is 0.0494. The SMILES string of the molecule is CCN(CC)C(=O)c1c(Cl)cccc1Nc1ccccc1C. The van der Waals surface area contributed by atoms with Crippen LogP contribution >= 0.6 is 11.6 Å². The number of rotatable bonds is 5. The van der Waals surface area contributed by atoms with Gasteiger partial charge < -0.3 is 10.2 Å². The van der Waals surface area contributed by atoms with E-state index in [0.717, 1.165) is 16.9 Å². The molecule has 116 valence electrons. The molecule has 0 spiro atoms. The van der Waals surface area contributed by atoms with Crippen LogP contribution in [0.1, 0.15) is 29.8 Å². The molecule has 0 aromatic heterocycles. The van der Waals surface area contributed by atoms with Crippen LogP contribution in [-0.4, -0.2) is 23.9 Å². The Kier molecular flexibility index (Phi) is 5.45. The van der Waals surface area contributed by atoms with Gasteiger partial charge in [-0.1, -0.05) is 35.9 Å². The zero-order valence-electron chi connectivity index (χ0n) is 13.2. The number of anilines is 2. The maximum Gasteiger partial charge on any atom is 0.257 e. The molecular formula is C18H21ClN2O. The first-order valence-electron chi connectivity index (χ1n) is 7.48. The third kappa shape index (κ3) is 3.42. The molecule has 0 atom stereocenters. The summed E-state index contributed by atoms with van der Waals surface area (Å²) in [6.07, 6.45) is 0. The van der Waals surface area contributed by atoms with Gasteiger partial charge in [0.25, 0.3) is 5.91 Å². The third-order valence-electron chi connectivity index (χ3n) is 3.69. The van der Waals surface area contributed by atoms with Crippen molar-refractivity contribution in [2.75, 3.05) is 18.4 Å². The van der Waals surface area contributed by atoms with E-state index in [0.29, 0.717) is 23.7 Å². The first-order valence-corrected chi connectivity index (χ1v) is 7.86. The summed E-state index contributed by atoms with van der Waals surface area (Å²) in [7, 11) is 0. The van der Waals surface area contributed by atoms with Crippen molar-refractivity contribution in [3.63, 3.8) is 0 Å². The molecule has 2 aromatic rings. The quantitative estimate of drug-likeness (QED) is 0.853. The Morgan fingerprint density at radius 1 is 1.05 bits per heavy atom. The lowest BCUT2D eigenvalue weighted by molar-refractivity contribution is 0.0774. The lowest BCUT2D eigenvalue weighted by Gasteiger charge is -2.22. The van der Waals surface area contributed by atoms with Crippen molar-refractivity contribution < 1.29 is 4.79 Å². The number of amides is 1. The van der Waals surface area contributed by atoms with E-state index >= 15 is 0 Å². The van der Waals surface area contributed by atoms with E-state index in [9.17, 15) is 4.79 Å². The molecule has 0 saturated carbocycles. The summed E-state index contributed by atoms with van der Waals surface area (Å²) in [6, 6.07) is 13.4. The molecule has 0 unspecified atom stereocenters. The van der Waals surface area contributed by atoms with E-state index in [2.05, 4.69) is 5.32 Å². The molecule has 2 rings (SSSR count). The fraction of sp³-hybridized carbons (Fsp3) is 0.278.